The summed E-state index contributed by atoms with van der Waals surface area (Å²) in [6, 6.07) is 11.3. The molecule has 0 unspecified atom stereocenters. The second-order valence-corrected chi connectivity index (χ2v) is 5.44. The number of aryl methyl sites for hydroxylation is 2. The number of carbonyl (C=O) groups is 1. The summed E-state index contributed by atoms with van der Waals surface area (Å²) in [4.78, 5) is 20.4. The van der Waals surface area contributed by atoms with Gasteiger partial charge in [0.1, 0.15) is 23.6 Å². The predicted octanol–water partition coefficient (Wildman–Crippen LogP) is 3.36. The molecule has 3 aromatic rings. The first kappa shape index (κ1) is 15.7. The summed E-state index contributed by atoms with van der Waals surface area (Å²) in [5, 5.41) is 6.02. The van der Waals surface area contributed by atoms with Gasteiger partial charge in [-0.1, -0.05) is 18.2 Å². The highest BCUT2D eigenvalue weighted by molar-refractivity contribution is 5.92. The van der Waals surface area contributed by atoms with Crippen LogP contribution in [0.4, 0.5) is 11.5 Å². The van der Waals surface area contributed by atoms with Crippen molar-refractivity contribution in [3.05, 3.63) is 71.6 Å². The number of aromatic nitrogens is 2. The molecule has 6 nitrogen and oxygen atoms in total. The van der Waals surface area contributed by atoms with Gasteiger partial charge in [-0.15, -0.1) is 0 Å². The van der Waals surface area contributed by atoms with Crippen LogP contribution in [0.15, 0.2) is 53.4 Å². The third-order valence-electron chi connectivity index (χ3n) is 3.64. The molecule has 0 spiro atoms. The summed E-state index contributed by atoms with van der Waals surface area (Å²) in [5.41, 5.74) is 3.50. The van der Waals surface area contributed by atoms with Crippen molar-refractivity contribution in [2.24, 2.45) is 0 Å². The minimum Gasteiger partial charge on any atom is -0.467 e. The number of carbonyl (C=O) groups excluding carboxylic acids is 1. The van der Waals surface area contributed by atoms with E-state index in [0.29, 0.717) is 23.8 Å². The van der Waals surface area contributed by atoms with Crippen LogP contribution in [-0.2, 0) is 6.54 Å². The molecule has 1 amide bonds. The highest BCUT2D eigenvalue weighted by Gasteiger charge is 2.10. The fraction of sp³-hybridized carbons (Fsp3) is 0.167. The van der Waals surface area contributed by atoms with Crippen molar-refractivity contribution in [2.45, 2.75) is 20.4 Å². The summed E-state index contributed by atoms with van der Waals surface area (Å²) >= 11 is 0. The molecule has 0 saturated heterocycles. The van der Waals surface area contributed by atoms with Crippen LogP contribution in [0.25, 0.3) is 0 Å². The molecule has 0 saturated carbocycles. The molecule has 0 fully saturated rings. The maximum Gasteiger partial charge on any atom is 0.270 e. The standard InChI is InChI=1S/C18H18N4O2/c1-12-5-3-6-13(2)17(12)22-16-9-15(20-11-21-16)18(23)19-10-14-7-4-8-24-14/h3-9,11H,10H2,1-2H3,(H,19,23)(H,20,21,22). The molecule has 2 heterocycles. The van der Waals surface area contributed by atoms with E-state index in [9.17, 15) is 4.79 Å². The lowest BCUT2D eigenvalue weighted by Gasteiger charge is -2.12. The third kappa shape index (κ3) is 3.60. The molecular weight excluding hydrogens is 304 g/mol. The van der Waals surface area contributed by atoms with Crippen LogP contribution in [0.3, 0.4) is 0 Å². The van der Waals surface area contributed by atoms with Gasteiger partial charge in [-0.3, -0.25) is 4.79 Å². The Bertz CT molecular complexity index is 824. The monoisotopic (exact) mass is 322 g/mol. The van der Waals surface area contributed by atoms with Crippen molar-refractivity contribution < 1.29 is 9.21 Å². The zero-order valence-electron chi connectivity index (χ0n) is 13.5. The number of nitrogens with one attached hydrogen (secondary N) is 2. The number of amides is 1. The first-order valence-electron chi connectivity index (χ1n) is 7.59. The Hall–Kier alpha value is -3.15. The van der Waals surface area contributed by atoms with E-state index in [1.807, 2.05) is 32.0 Å². The van der Waals surface area contributed by atoms with Crippen molar-refractivity contribution in [1.82, 2.24) is 15.3 Å². The van der Waals surface area contributed by atoms with Crippen LogP contribution in [0.5, 0.6) is 0 Å². The fourth-order valence-corrected chi connectivity index (χ4v) is 2.36. The average Bonchev–Trinajstić information content (AvgIpc) is 3.10. The highest BCUT2D eigenvalue weighted by Crippen LogP contribution is 2.23. The number of benzene rings is 1. The van der Waals surface area contributed by atoms with E-state index >= 15 is 0 Å². The minimum atomic E-state index is -0.279. The molecule has 0 aliphatic carbocycles. The number of anilines is 2. The normalized spacial score (nSPS) is 10.4. The third-order valence-corrected chi connectivity index (χ3v) is 3.64. The number of para-hydroxylation sites is 1. The zero-order valence-corrected chi connectivity index (χ0v) is 13.5. The maximum absolute atomic E-state index is 12.2. The first-order chi connectivity index (χ1) is 11.6. The van der Waals surface area contributed by atoms with Gasteiger partial charge in [0.2, 0.25) is 0 Å². The van der Waals surface area contributed by atoms with Crippen LogP contribution >= 0.6 is 0 Å². The highest BCUT2D eigenvalue weighted by atomic mass is 16.3. The van der Waals surface area contributed by atoms with Crippen molar-refractivity contribution >= 4 is 17.4 Å². The van der Waals surface area contributed by atoms with E-state index in [-0.39, 0.29) is 5.91 Å². The predicted molar refractivity (Wildman–Crippen MR) is 91.1 cm³/mol. The van der Waals surface area contributed by atoms with E-state index in [1.165, 1.54) is 6.33 Å². The second-order valence-electron chi connectivity index (χ2n) is 5.44. The Labute approximate surface area is 140 Å². The van der Waals surface area contributed by atoms with Gasteiger partial charge in [0.25, 0.3) is 5.91 Å². The molecule has 6 heteroatoms. The minimum absolute atomic E-state index is 0.279. The Morgan fingerprint density at radius 1 is 1.12 bits per heavy atom. The quantitative estimate of drug-likeness (QED) is 0.753. The van der Waals surface area contributed by atoms with E-state index in [2.05, 4.69) is 20.6 Å². The Morgan fingerprint density at radius 2 is 1.92 bits per heavy atom. The summed E-state index contributed by atoms with van der Waals surface area (Å²) in [6.45, 7) is 4.36. The zero-order chi connectivity index (χ0) is 16.9. The summed E-state index contributed by atoms with van der Waals surface area (Å²) < 4.78 is 5.19. The number of nitrogens with zero attached hydrogens (tertiary/aromatic N) is 2. The van der Waals surface area contributed by atoms with Crippen LogP contribution in [0.2, 0.25) is 0 Å². The SMILES string of the molecule is Cc1cccc(C)c1Nc1cc(C(=O)NCc2ccco2)ncn1. The van der Waals surface area contributed by atoms with Gasteiger partial charge in [-0.25, -0.2) is 9.97 Å². The Kier molecular flexibility index (Phi) is 4.56. The molecule has 2 aromatic heterocycles. The molecule has 0 radical (unpaired) electrons. The molecule has 24 heavy (non-hydrogen) atoms. The van der Waals surface area contributed by atoms with Gasteiger partial charge in [0, 0.05) is 11.8 Å². The Balaban J connectivity index is 1.73. The van der Waals surface area contributed by atoms with Crippen LogP contribution in [0.1, 0.15) is 27.4 Å². The molecule has 0 aliphatic heterocycles. The van der Waals surface area contributed by atoms with E-state index in [1.54, 1.807) is 24.5 Å². The summed E-state index contributed by atoms with van der Waals surface area (Å²) in [7, 11) is 0. The fourth-order valence-electron chi connectivity index (χ4n) is 2.36. The van der Waals surface area contributed by atoms with E-state index in [0.717, 1.165) is 16.8 Å². The van der Waals surface area contributed by atoms with Gasteiger partial charge >= 0.3 is 0 Å². The lowest BCUT2D eigenvalue weighted by atomic mass is 10.1. The summed E-state index contributed by atoms with van der Waals surface area (Å²) in [5.74, 6) is 0.982. The van der Waals surface area contributed by atoms with Crippen molar-refractivity contribution in [3.63, 3.8) is 0 Å². The molecule has 0 bridgehead atoms. The van der Waals surface area contributed by atoms with E-state index in [4.69, 9.17) is 4.42 Å². The van der Waals surface area contributed by atoms with Gasteiger partial charge in [-0.05, 0) is 37.1 Å². The average molecular weight is 322 g/mol. The van der Waals surface area contributed by atoms with Crippen molar-refractivity contribution in [1.29, 1.82) is 0 Å². The molecule has 0 aliphatic rings. The molecular formula is C18H18N4O2. The van der Waals surface area contributed by atoms with Crippen LogP contribution in [0, 0.1) is 13.8 Å². The topological polar surface area (TPSA) is 80.0 Å². The Morgan fingerprint density at radius 3 is 2.62 bits per heavy atom. The molecule has 122 valence electrons. The molecule has 0 atom stereocenters. The largest absolute Gasteiger partial charge is 0.467 e. The van der Waals surface area contributed by atoms with Crippen molar-refractivity contribution in [2.75, 3.05) is 5.32 Å². The van der Waals surface area contributed by atoms with Crippen LogP contribution in [-0.4, -0.2) is 15.9 Å². The van der Waals surface area contributed by atoms with Gasteiger partial charge in [-0.2, -0.15) is 0 Å². The number of hydrogen-bond donors (Lipinski definition) is 2. The number of rotatable bonds is 5. The lowest BCUT2D eigenvalue weighted by molar-refractivity contribution is 0.0943. The van der Waals surface area contributed by atoms with Crippen molar-refractivity contribution in [3.8, 4) is 0 Å². The number of hydrogen-bond acceptors (Lipinski definition) is 5. The summed E-state index contributed by atoms with van der Waals surface area (Å²) in [6.07, 6.45) is 2.94. The van der Waals surface area contributed by atoms with Gasteiger partial charge in [0.05, 0.1) is 12.8 Å². The van der Waals surface area contributed by atoms with Gasteiger partial charge < -0.3 is 15.1 Å². The maximum atomic E-state index is 12.2. The lowest BCUT2D eigenvalue weighted by Crippen LogP contribution is -2.23. The first-order valence-corrected chi connectivity index (χ1v) is 7.59. The molecule has 3 rings (SSSR count). The van der Waals surface area contributed by atoms with Gasteiger partial charge in [0.15, 0.2) is 0 Å². The number of furan rings is 1. The van der Waals surface area contributed by atoms with Crippen LogP contribution < -0.4 is 10.6 Å². The second kappa shape index (κ2) is 6.95. The smallest absolute Gasteiger partial charge is 0.270 e. The molecule has 1 aromatic carbocycles. The van der Waals surface area contributed by atoms with E-state index < -0.39 is 0 Å². The molecule has 2 N–H and O–H groups in total.